The topological polar surface area (TPSA) is 97.7 Å². The first-order valence-electron chi connectivity index (χ1n) is 6.57. The van der Waals surface area contributed by atoms with Crippen molar-refractivity contribution in [1.29, 1.82) is 0 Å². The normalized spacial score (nSPS) is 40.7. The minimum Gasteiger partial charge on any atom is -0.456 e. The summed E-state index contributed by atoms with van der Waals surface area (Å²) in [6.45, 7) is 0. The molecule has 0 saturated heterocycles. The second-order valence-electron chi connectivity index (χ2n) is 6.18. The van der Waals surface area contributed by atoms with Gasteiger partial charge in [-0.3, -0.25) is 9.35 Å². The van der Waals surface area contributed by atoms with Crippen molar-refractivity contribution in [3.8, 4) is 0 Å². The minimum atomic E-state index is -5.10. The van der Waals surface area contributed by atoms with Gasteiger partial charge in [0.25, 0.3) is 0 Å². The van der Waals surface area contributed by atoms with Crippen molar-refractivity contribution in [3.05, 3.63) is 0 Å². The molecule has 20 heavy (non-hydrogen) atoms. The number of halogens is 1. The molecule has 0 spiro atoms. The molecule has 0 aromatic heterocycles. The maximum Gasteiger partial charge on any atom is 0.359 e. The van der Waals surface area contributed by atoms with E-state index < -0.39 is 27.2 Å². The molecule has 0 radical (unpaired) electrons. The zero-order valence-corrected chi connectivity index (χ0v) is 11.4. The van der Waals surface area contributed by atoms with Crippen LogP contribution in [0.3, 0.4) is 0 Å². The molecule has 0 heterocycles. The summed E-state index contributed by atoms with van der Waals surface area (Å²) in [5.41, 5.74) is -4.01. The number of rotatable bonds is 3. The summed E-state index contributed by atoms with van der Waals surface area (Å²) >= 11 is 0. The van der Waals surface area contributed by atoms with E-state index >= 15 is 0 Å². The van der Waals surface area contributed by atoms with Crippen molar-refractivity contribution < 1.29 is 31.7 Å². The molecule has 4 rings (SSSR count). The number of esters is 1. The predicted octanol–water partition coefficient (Wildman–Crippen LogP) is 0.861. The summed E-state index contributed by atoms with van der Waals surface area (Å²) in [6, 6.07) is 0. The van der Waals surface area contributed by atoms with Gasteiger partial charge in [0, 0.05) is 11.8 Å². The van der Waals surface area contributed by atoms with Crippen LogP contribution in [0.15, 0.2) is 0 Å². The molecule has 4 aliphatic carbocycles. The van der Waals surface area contributed by atoms with Crippen LogP contribution in [0.4, 0.5) is 4.39 Å². The van der Waals surface area contributed by atoms with E-state index in [1.807, 2.05) is 0 Å². The van der Waals surface area contributed by atoms with Crippen molar-refractivity contribution >= 4 is 21.9 Å². The number of alkyl halides is 1. The molecule has 0 aromatic carbocycles. The summed E-state index contributed by atoms with van der Waals surface area (Å²) in [5.74, 6) is -1.47. The first-order chi connectivity index (χ1) is 9.20. The third-order valence-electron chi connectivity index (χ3n) is 4.70. The van der Waals surface area contributed by atoms with E-state index in [0.717, 1.165) is 12.8 Å². The molecule has 0 amide bonds. The fourth-order valence-electron chi connectivity index (χ4n) is 4.18. The van der Waals surface area contributed by atoms with Gasteiger partial charge in [0.15, 0.2) is 0 Å². The number of carbonyl (C=O) groups is 2. The zero-order valence-electron chi connectivity index (χ0n) is 10.6. The van der Waals surface area contributed by atoms with Crippen LogP contribution in [0.5, 0.6) is 0 Å². The smallest absolute Gasteiger partial charge is 0.359 e. The lowest BCUT2D eigenvalue weighted by Gasteiger charge is -2.54. The molecule has 3 atom stereocenters. The van der Waals surface area contributed by atoms with Crippen LogP contribution in [0.2, 0.25) is 0 Å². The van der Waals surface area contributed by atoms with E-state index in [1.54, 1.807) is 0 Å². The summed E-state index contributed by atoms with van der Waals surface area (Å²) in [7, 11) is -5.10. The van der Waals surface area contributed by atoms with Crippen molar-refractivity contribution in [2.24, 2.45) is 17.8 Å². The Kier molecular flexibility index (Phi) is 2.95. The SMILES string of the molecule is O=C1C2CC3CC1CC(OC(=O)C(F)S(=O)(=O)O)(C3)C2. The molecule has 4 aliphatic rings. The molecule has 8 heteroatoms. The Balaban J connectivity index is 1.78. The van der Waals surface area contributed by atoms with Crippen LogP contribution >= 0.6 is 0 Å². The Morgan fingerprint density at radius 1 is 1.30 bits per heavy atom. The Morgan fingerprint density at radius 3 is 2.35 bits per heavy atom. The van der Waals surface area contributed by atoms with Crippen LogP contribution in [0, 0.1) is 17.8 Å². The van der Waals surface area contributed by atoms with Gasteiger partial charge in [-0.15, -0.1) is 0 Å². The third-order valence-corrected chi connectivity index (χ3v) is 5.42. The van der Waals surface area contributed by atoms with Gasteiger partial charge in [0.2, 0.25) is 0 Å². The van der Waals surface area contributed by atoms with Crippen LogP contribution < -0.4 is 0 Å². The van der Waals surface area contributed by atoms with Crippen LogP contribution in [-0.4, -0.2) is 35.8 Å². The number of ether oxygens (including phenoxy) is 1. The first-order valence-corrected chi connectivity index (χ1v) is 8.07. The van der Waals surface area contributed by atoms with Crippen LogP contribution in [0.1, 0.15) is 32.1 Å². The average Bonchev–Trinajstić information content (AvgIpc) is 2.32. The van der Waals surface area contributed by atoms with Gasteiger partial charge in [-0.1, -0.05) is 0 Å². The molecule has 3 unspecified atom stereocenters. The fraction of sp³-hybridized carbons (Fsp3) is 0.833. The number of ketones is 1. The summed E-state index contributed by atoms with van der Waals surface area (Å²) < 4.78 is 48.2. The highest BCUT2D eigenvalue weighted by atomic mass is 32.2. The monoisotopic (exact) mass is 306 g/mol. The van der Waals surface area contributed by atoms with Crippen LogP contribution in [0.25, 0.3) is 0 Å². The van der Waals surface area contributed by atoms with E-state index in [1.165, 1.54) is 0 Å². The highest BCUT2D eigenvalue weighted by Crippen LogP contribution is 2.55. The molecule has 4 saturated carbocycles. The molecule has 1 N–H and O–H groups in total. The maximum absolute atomic E-state index is 13.3. The second kappa shape index (κ2) is 4.24. The average molecular weight is 306 g/mol. The van der Waals surface area contributed by atoms with Gasteiger partial charge in [-0.2, -0.15) is 8.42 Å². The summed E-state index contributed by atoms with van der Waals surface area (Å²) in [4.78, 5) is 23.5. The quantitative estimate of drug-likeness (QED) is 0.613. The molecule has 4 bridgehead atoms. The van der Waals surface area contributed by atoms with E-state index in [0.29, 0.717) is 19.3 Å². The zero-order chi connectivity index (χ0) is 14.7. The molecule has 4 fully saturated rings. The van der Waals surface area contributed by atoms with Gasteiger partial charge in [0.05, 0.1) is 0 Å². The van der Waals surface area contributed by atoms with Crippen molar-refractivity contribution in [2.75, 3.05) is 0 Å². The van der Waals surface area contributed by atoms with Crippen molar-refractivity contribution in [1.82, 2.24) is 0 Å². The van der Waals surface area contributed by atoms with Gasteiger partial charge in [0.1, 0.15) is 11.4 Å². The number of hydrogen-bond acceptors (Lipinski definition) is 5. The van der Waals surface area contributed by atoms with Gasteiger partial charge < -0.3 is 4.74 Å². The molecule has 0 aliphatic heterocycles. The molecular weight excluding hydrogens is 291 g/mol. The predicted molar refractivity (Wildman–Crippen MR) is 63.8 cm³/mol. The highest BCUT2D eigenvalue weighted by molar-refractivity contribution is 7.87. The Morgan fingerprint density at radius 2 is 1.85 bits per heavy atom. The lowest BCUT2D eigenvalue weighted by Crippen LogP contribution is -2.57. The molecule has 6 nitrogen and oxygen atoms in total. The Labute approximate surface area is 115 Å². The number of carbonyl (C=O) groups excluding carboxylic acids is 2. The maximum atomic E-state index is 13.3. The fourth-order valence-corrected chi connectivity index (χ4v) is 4.47. The number of hydrogen-bond donors (Lipinski definition) is 1. The second-order valence-corrected chi connectivity index (χ2v) is 7.62. The van der Waals surface area contributed by atoms with Gasteiger partial charge in [-0.25, -0.2) is 9.18 Å². The largest absolute Gasteiger partial charge is 0.456 e. The van der Waals surface area contributed by atoms with E-state index in [4.69, 9.17) is 9.29 Å². The molecule has 0 aromatic rings. The molecule has 112 valence electrons. The summed E-state index contributed by atoms with van der Waals surface area (Å²) in [6.07, 6.45) is 2.75. The lowest BCUT2D eigenvalue weighted by molar-refractivity contribution is -0.191. The van der Waals surface area contributed by atoms with Crippen molar-refractivity contribution in [3.63, 3.8) is 0 Å². The Bertz CT molecular complexity index is 552. The van der Waals surface area contributed by atoms with E-state index in [-0.39, 0.29) is 23.5 Å². The Hall–Kier alpha value is -1.02. The standard InChI is InChI=1S/C12H15FO6S/c13-10(20(16,17)18)11(15)19-12-3-6-1-7(4-12)9(14)8(2-6)5-12/h6-8,10H,1-5H2,(H,16,17,18). The van der Waals surface area contributed by atoms with Crippen LogP contribution in [-0.2, 0) is 24.4 Å². The summed E-state index contributed by atoms with van der Waals surface area (Å²) in [5, 5.41) is 0. The van der Waals surface area contributed by atoms with Crippen molar-refractivity contribution in [2.45, 2.75) is 43.2 Å². The van der Waals surface area contributed by atoms with Gasteiger partial charge in [-0.05, 0) is 38.0 Å². The van der Waals surface area contributed by atoms with E-state index in [9.17, 15) is 22.4 Å². The van der Waals surface area contributed by atoms with E-state index in [2.05, 4.69) is 0 Å². The van der Waals surface area contributed by atoms with Gasteiger partial charge >= 0.3 is 21.6 Å². The highest BCUT2D eigenvalue weighted by Gasteiger charge is 2.57. The molecular formula is C12H15FO6S. The first kappa shape index (κ1) is 13.9. The minimum absolute atomic E-state index is 0.169. The lowest BCUT2D eigenvalue weighted by atomic mass is 9.53. The number of Topliss-reactive ketones (excluding diaryl/α,β-unsaturated/α-hetero) is 1. The third kappa shape index (κ3) is 2.14.